The summed E-state index contributed by atoms with van der Waals surface area (Å²) in [5, 5.41) is 1.01. The van der Waals surface area contributed by atoms with Gasteiger partial charge in [0.15, 0.2) is 6.61 Å². The van der Waals surface area contributed by atoms with E-state index in [2.05, 4.69) is 15.8 Å². The number of rotatable bonds is 5. The quantitative estimate of drug-likeness (QED) is 0.608. The molecule has 2 amide bonds. The van der Waals surface area contributed by atoms with Crippen LogP contribution in [0.3, 0.4) is 0 Å². The van der Waals surface area contributed by atoms with Crippen LogP contribution in [0.2, 0.25) is 0 Å². The fraction of sp³-hybridized carbons (Fsp3) is 0.238. The van der Waals surface area contributed by atoms with Crippen LogP contribution >= 0.6 is 0 Å². The Morgan fingerprint density at radius 1 is 1.00 bits per heavy atom. The minimum Gasteiger partial charge on any atom is -0.483 e. The maximum atomic E-state index is 12.2. The van der Waals surface area contributed by atoms with Gasteiger partial charge in [0.25, 0.3) is 5.91 Å². The second kappa shape index (κ2) is 7.95. The van der Waals surface area contributed by atoms with Gasteiger partial charge in [-0.2, -0.15) is 0 Å². The van der Waals surface area contributed by atoms with Gasteiger partial charge in [0, 0.05) is 16.6 Å². The smallest absolute Gasteiger partial charge is 0.276 e. The van der Waals surface area contributed by atoms with Crippen LogP contribution < -0.4 is 15.6 Å². The van der Waals surface area contributed by atoms with Crippen molar-refractivity contribution in [3.8, 4) is 5.75 Å². The maximum absolute atomic E-state index is 12.2. The molecule has 0 aliphatic rings. The minimum atomic E-state index is -0.417. The summed E-state index contributed by atoms with van der Waals surface area (Å²) in [5.41, 5.74) is 9.69. The lowest BCUT2D eigenvalue weighted by atomic mass is 10.1. The monoisotopic (exact) mass is 365 g/mol. The topological polar surface area (TPSA) is 83.2 Å². The fourth-order valence-corrected chi connectivity index (χ4v) is 2.95. The van der Waals surface area contributed by atoms with E-state index < -0.39 is 5.91 Å². The summed E-state index contributed by atoms with van der Waals surface area (Å²) < 4.78 is 5.53. The molecule has 2 aromatic carbocycles. The van der Waals surface area contributed by atoms with Gasteiger partial charge in [-0.3, -0.25) is 20.4 Å². The second-order valence-electron chi connectivity index (χ2n) is 6.60. The van der Waals surface area contributed by atoms with Crippen LogP contribution in [-0.2, 0) is 16.0 Å². The van der Waals surface area contributed by atoms with Crippen molar-refractivity contribution in [3.05, 3.63) is 64.8 Å². The number of benzene rings is 2. The molecule has 0 aliphatic heterocycles. The van der Waals surface area contributed by atoms with Crippen molar-refractivity contribution in [3.63, 3.8) is 0 Å². The zero-order valence-electron chi connectivity index (χ0n) is 15.7. The van der Waals surface area contributed by atoms with Crippen molar-refractivity contribution >= 4 is 22.7 Å². The number of aromatic amines is 1. The molecule has 27 heavy (non-hydrogen) atoms. The second-order valence-corrected chi connectivity index (χ2v) is 6.60. The van der Waals surface area contributed by atoms with Gasteiger partial charge >= 0.3 is 0 Å². The van der Waals surface area contributed by atoms with E-state index in [-0.39, 0.29) is 18.9 Å². The molecule has 0 radical (unpaired) electrons. The minimum absolute atomic E-state index is 0.170. The number of hydrogen-bond donors (Lipinski definition) is 3. The van der Waals surface area contributed by atoms with Gasteiger partial charge in [0.05, 0.1) is 6.42 Å². The van der Waals surface area contributed by atoms with E-state index in [4.69, 9.17) is 4.74 Å². The first-order chi connectivity index (χ1) is 12.9. The molecule has 140 valence electrons. The van der Waals surface area contributed by atoms with E-state index in [1.807, 2.05) is 63.2 Å². The SMILES string of the molecule is Cc1ccc(C)c(OCC(=O)NNC(=O)Cc2c(C)[nH]c3ccccc23)c1. The van der Waals surface area contributed by atoms with E-state index in [1.54, 1.807) is 0 Å². The maximum Gasteiger partial charge on any atom is 0.276 e. The number of para-hydroxylation sites is 1. The first-order valence-corrected chi connectivity index (χ1v) is 8.78. The largest absolute Gasteiger partial charge is 0.483 e. The van der Waals surface area contributed by atoms with E-state index in [1.165, 1.54) is 0 Å². The summed E-state index contributed by atoms with van der Waals surface area (Å²) in [6, 6.07) is 13.6. The van der Waals surface area contributed by atoms with Gasteiger partial charge in [-0.15, -0.1) is 0 Å². The molecule has 0 bridgehead atoms. The van der Waals surface area contributed by atoms with Gasteiger partial charge in [0.1, 0.15) is 5.75 Å². The summed E-state index contributed by atoms with van der Waals surface area (Å²) >= 11 is 0. The van der Waals surface area contributed by atoms with Crippen LogP contribution in [0.15, 0.2) is 42.5 Å². The molecule has 1 heterocycles. The predicted octanol–water partition coefficient (Wildman–Crippen LogP) is 2.86. The van der Waals surface area contributed by atoms with Gasteiger partial charge in [-0.05, 0) is 49.6 Å². The van der Waals surface area contributed by atoms with Crippen molar-refractivity contribution < 1.29 is 14.3 Å². The van der Waals surface area contributed by atoms with Crippen molar-refractivity contribution in [2.45, 2.75) is 27.2 Å². The zero-order chi connectivity index (χ0) is 19.4. The number of fused-ring (bicyclic) bond motifs is 1. The Labute approximate surface area is 157 Å². The molecular weight excluding hydrogens is 342 g/mol. The number of hydrogen-bond acceptors (Lipinski definition) is 3. The molecule has 0 aliphatic carbocycles. The van der Waals surface area contributed by atoms with Crippen molar-refractivity contribution in [1.29, 1.82) is 0 Å². The molecule has 3 N–H and O–H groups in total. The lowest BCUT2D eigenvalue weighted by Gasteiger charge is -2.11. The molecule has 3 rings (SSSR count). The van der Waals surface area contributed by atoms with Crippen LogP contribution in [0.4, 0.5) is 0 Å². The van der Waals surface area contributed by atoms with E-state index in [9.17, 15) is 9.59 Å². The molecule has 0 spiro atoms. The number of H-pyrrole nitrogens is 1. The Bertz CT molecular complexity index is 992. The average Bonchev–Trinajstić information content (AvgIpc) is 2.96. The van der Waals surface area contributed by atoms with Gasteiger partial charge < -0.3 is 9.72 Å². The normalized spacial score (nSPS) is 10.6. The highest BCUT2D eigenvalue weighted by Gasteiger charge is 2.13. The Kier molecular flexibility index (Phi) is 5.45. The Hall–Kier alpha value is -3.28. The highest BCUT2D eigenvalue weighted by molar-refractivity contribution is 5.91. The average molecular weight is 365 g/mol. The van der Waals surface area contributed by atoms with E-state index >= 15 is 0 Å². The van der Waals surface area contributed by atoms with Gasteiger partial charge in [0.2, 0.25) is 5.91 Å². The van der Waals surface area contributed by atoms with Crippen LogP contribution in [-0.4, -0.2) is 23.4 Å². The van der Waals surface area contributed by atoms with Gasteiger partial charge in [-0.1, -0.05) is 30.3 Å². The molecule has 0 unspecified atom stereocenters. The number of nitrogens with one attached hydrogen (secondary N) is 3. The van der Waals surface area contributed by atoms with Crippen molar-refractivity contribution in [2.75, 3.05) is 6.61 Å². The summed E-state index contributed by atoms with van der Waals surface area (Å²) in [6.07, 6.45) is 0.175. The predicted molar refractivity (Wildman–Crippen MR) is 104 cm³/mol. The third kappa shape index (κ3) is 4.47. The zero-order valence-corrected chi connectivity index (χ0v) is 15.7. The number of amides is 2. The van der Waals surface area contributed by atoms with Crippen LogP contribution in [0.5, 0.6) is 5.75 Å². The highest BCUT2D eigenvalue weighted by atomic mass is 16.5. The molecule has 0 fully saturated rings. The summed E-state index contributed by atoms with van der Waals surface area (Å²) in [4.78, 5) is 27.4. The molecule has 1 aromatic heterocycles. The number of aromatic nitrogens is 1. The number of hydrazine groups is 1. The molecule has 0 atom stereocenters. The summed E-state index contributed by atoms with van der Waals surface area (Å²) in [5.74, 6) is -0.0475. The molecule has 3 aromatic rings. The Balaban J connectivity index is 1.52. The summed E-state index contributed by atoms with van der Waals surface area (Å²) in [6.45, 7) is 5.63. The molecule has 6 nitrogen and oxygen atoms in total. The van der Waals surface area contributed by atoms with Crippen LogP contribution in [0.25, 0.3) is 10.9 Å². The molecular formula is C21H23N3O3. The standard InChI is InChI=1S/C21H23N3O3/c1-13-8-9-14(2)19(10-13)27-12-21(26)24-23-20(25)11-17-15(3)22-18-7-5-4-6-16(17)18/h4-10,22H,11-12H2,1-3H3,(H,23,25)(H,24,26). The number of ether oxygens (including phenoxy) is 1. The third-order valence-electron chi connectivity index (χ3n) is 4.41. The first kappa shape index (κ1) is 18.5. The van der Waals surface area contributed by atoms with Crippen molar-refractivity contribution in [1.82, 2.24) is 15.8 Å². The van der Waals surface area contributed by atoms with Crippen LogP contribution in [0.1, 0.15) is 22.4 Å². The number of carbonyl (C=O) groups is 2. The molecule has 6 heteroatoms. The fourth-order valence-electron chi connectivity index (χ4n) is 2.95. The van der Waals surface area contributed by atoms with Crippen molar-refractivity contribution in [2.24, 2.45) is 0 Å². The van der Waals surface area contributed by atoms with Crippen LogP contribution in [0, 0.1) is 20.8 Å². The Morgan fingerprint density at radius 2 is 1.74 bits per heavy atom. The van der Waals surface area contributed by atoms with E-state index in [0.29, 0.717) is 5.75 Å². The Morgan fingerprint density at radius 3 is 2.56 bits per heavy atom. The number of aryl methyl sites for hydroxylation is 3. The number of carbonyl (C=O) groups excluding carboxylic acids is 2. The highest BCUT2D eigenvalue weighted by Crippen LogP contribution is 2.22. The lowest BCUT2D eigenvalue weighted by molar-refractivity contribution is -0.129. The van der Waals surface area contributed by atoms with Gasteiger partial charge in [-0.25, -0.2) is 0 Å². The molecule has 0 saturated carbocycles. The third-order valence-corrected chi connectivity index (χ3v) is 4.41. The van der Waals surface area contributed by atoms with E-state index in [0.717, 1.165) is 33.3 Å². The molecule has 0 saturated heterocycles. The lowest BCUT2D eigenvalue weighted by Crippen LogP contribution is -2.44. The first-order valence-electron chi connectivity index (χ1n) is 8.78. The summed E-state index contributed by atoms with van der Waals surface area (Å²) in [7, 11) is 0.